The van der Waals surface area contributed by atoms with E-state index < -0.39 is 0 Å². The van der Waals surface area contributed by atoms with Gasteiger partial charge in [-0.1, -0.05) is 43.7 Å². The lowest BCUT2D eigenvalue weighted by Crippen LogP contribution is -2.35. The molecular formula is C16H25N. The minimum Gasteiger partial charge on any atom is -0.310 e. The van der Waals surface area contributed by atoms with E-state index in [0.717, 1.165) is 18.4 Å². The standard InChI is InChI=1S/C16H25N/c1-12-5-4-6-15(8-12)11-17-16-9-13(2)7-14(3)10-16/h4-6,8,13-14,16-17H,7,9-11H2,1-3H3. The van der Waals surface area contributed by atoms with Crippen molar-refractivity contribution in [2.24, 2.45) is 11.8 Å². The minimum atomic E-state index is 0.717. The van der Waals surface area contributed by atoms with Crippen LogP contribution in [-0.4, -0.2) is 6.04 Å². The van der Waals surface area contributed by atoms with E-state index in [1.54, 1.807) is 0 Å². The summed E-state index contributed by atoms with van der Waals surface area (Å²) in [6.07, 6.45) is 4.09. The van der Waals surface area contributed by atoms with E-state index in [9.17, 15) is 0 Å². The van der Waals surface area contributed by atoms with Crippen molar-refractivity contribution < 1.29 is 0 Å². The van der Waals surface area contributed by atoms with Crippen molar-refractivity contribution in [3.8, 4) is 0 Å². The summed E-state index contributed by atoms with van der Waals surface area (Å²) < 4.78 is 0. The third-order valence-corrected chi connectivity index (χ3v) is 3.86. The Morgan fingerprint density at radius 2 is 1.82 bits per heavy atom. The summed E-state index contributed by atoms with van der Waals surface area (Å²) in [5.41, 5.74) is 2.77. The molecule has 1 aromatic rings. The van der Waals surface area contributed by atoms with Crippen LogP contribution in [0.3, 0.4) is 0 Å². The van der Waals surface area contributed by atoms with Gasteiger partial charge in [0.15, 0.2) is 0 Å². The van der Waals surface area contributed by atoms with Gasteiger partial charge in [0.2, 0.25) is 0 Å². The first-order valence-corrected chi connectivity index (χ1v) is 6.92. The molecule has 0 spiro atoms. The van der Waals surface area contributed by atoms with Gasteiger partial charge < -0.3 is 5.32 Å². The molecule has 1 aromatic carbocycles. The smallest absolute Gasteiger partial charge is 0.0208 e. The van der Waals surface area contributed by atoms with Crippen LogP contribution in [0.5, 0.6) is 0 Å². The molecule has 94 valence electrons. The van der Waals surface area contributed by atoms with Crippen molar-refractivity contribution in [3.63, 3.8) is 0 Å². The van der Waals surface area contributed by atoms with Gasteiger partial charge in [-0.15, -0.1) is 0 Å². The fourth-order valence-electron chi connectivity index (χ4n) is 3.20. The van der Waals surface area contributed by atoms with E-state index in [1.165, 1.54) is 30.4 Å². The molecule has 0 heterocycles. The van der Waals surface area contributed by atoms with E-state index in [1.807, 2.05) is 0 Å². The zero-order valence-electron chi connectivity index (χ0n) is 11.4. The Hall–Kier alpha value is -0.820. The molecular weight excluding hydrogens is 206 g/mol. The molecule has 1 heteroatoms. The van der Waals surface area contributed by atoms with Gasteiger partial charge in [-0.05, 0) is 43.6 Å². The monoisotopic (exact) mass is 231 g/mol. The summed E-state index contributed by atoms with van der Waals surface area (Å²) in [6, 6.07) is 9.53. The molecule has 0 aliphatic heterocycles. The summed E-state index contributed by atoms with van der Waals surface area (Å²) >= 11 is 0. The van der Waals surface area contributed by atoms with Crippen molar-refractivity contribution in [1.82, 2.24) is 5.32 Å². The van der Waals surface area contributed by atoms with Crippen LogP contribution in [0.25, 0.3) is 0 Å². The maximum Gasteiger partial charge on any atom is 0.0208 e. The van der Waals surface area contributed by atoms with Crippen LogP contribution >= 0.6 is 0 Å². The Labute approximate surface area is 106 Å². The molecule has 1 aliphatic carbocycles. The molecule has 0 radical (unpaired) electrons. The van der Waals surface area contributed by atoms with Crippen molar-refractivity contribution in [1.29, 1.82) is 0 Å². The predicted molar refractivity (Wildman–Crippen MR) is 74.0 cm³/mol. The Bertz CT molecular complexity index is 348. The third-order valence-electron chi connectivity index (χ3n) is 3.86. The van der Waals surface area contributed by atoms with E-state index in [-0.39, 0.29) is 0 Å². The van der Waals surface area contributed by atoms with Crippen LogP contribution in [0, 0.1) is 18.8 Å². The topological polar surface area (TPSA) is 12.0 Å². The minimum absolute atomic E-state index is 0.717. The summed E-state index contributed by atoms with van der Waals surface area (Å²) in [5, 5.41) is 3.73. The van der Waals surface area contributed by atoms with E-state index >= 15 is 0 Å². The van der Waals surface area contributed by atoms with Crippen LogP contribution in [0.4, 0.5) is 0 Å². The van der Waals surface area contributed by atoms with Crippen LogP contribution in [0.2, 0.25) is 0 Å². The fraction of sp³-hybridized carbons (Fsp3) is 0.625. The first-order chi connectivity index (χ1) is 8.13. The lowest BCUT2D eigenvalue weighted by molar-refractivity contribution is 0.238. The molecule has 1 nitrogen and oxygen atoms in total. The second-order valence-corrected chi connectivity index (χ2v) is 5.98. The van der Waals surface area contributed by atoms with Crippen molar-refractivity contribution in [3.05, 3.63) is 35.4 Å². The quantitative estimate of drug-likeness (QED) is 0.831. The van der Waals surface area contributed by atoms with E-state index in [4.69, 9.17) is 0 Å². The molecule has 1 N–H and O–H groups in total. The molecule has 0 amide bonds. The second-order valence-electron chi connectivity index (χ2n) is 5.98. The molecule has 17 heavy (non-hydrogen) atoms. The lowest BCUT2D eigenvalue weighted by atomic mass is 9.80. The maximum atomic E-state index is 3.73. The van der Waals surface area contributed by atoms with Crippen LogP contribution < -0.4 is 5.32 Å². The molecule has 0 saturated heterocycles. The summed E-state index contributed by atoms with van der Waals surface area (Å²) in [6.45, 7) is 7.95. The van der Waals surface area contributed by atoms with Gasteiger partial charge >= 0.3 is 0 Å². The number of benzene rings is 1. The normalized spacial score (nSPS) is 29.2. The number of rotatable bonds is 3. The highest BCUT2D eigenvalue weighted by Crippen LogP contribution is 2.28. The average Bonchev–Trinajstić information content (AvgIpc) is 2.25. The zero-order chi connectivity index (χ0) is 12.3. The van der Waals surface area contributed by atoms with Crippen molar-refractivity contribution >= 4 is 0 Å². The van der Waals surface area contributed by atoms with Gasteiger partial charge in [-0.25, -0.2) is 0 Å². The Balaban J connectivity index is 1.85. The molecule has 2 rings (SSSR count). The van der Waals surface area contributed by atoms with Crippen molar-refractivity contribution in [2.75, 3.05) is 0 Å². The van der Waals surface area contributed by atoms with Gasteiger partial charge in [0.25, 0.3) is 0 Å². The Morgan fingerprint density at radius 1 is 1.12 bits per heavy atom. The highest BCUT2D eigenvalue weighted by Gasteiger charge is 2.23. The van der Waals surface area contributed by atoms with E-state index in [0.29, 0.717) is 6.04 Å². The van der Waals surface area contributed by atoms with Crippen LogP contribution in [0.15, 0.2) is 24.3 Å². The predicted octanol–water partition coefficient (Wildman–Crippen LogP) is 3.91. The van der Waals surface area contributed by atoms with Crippen LogP contribution in [-0.2, 0) is 6.54 Å². The molecule has 1 aliphatic rings. The fourth-order valence-corrected chi connectivity index (χ4v) is 3.20. The number of hydrogen-bond acceptors (Lipinski definition) is 1. The molecule has 2 atom stereocenters. The second kappa shape index (κ2) is 5.68. The van der Waals surface area contributed by atoms with Gasteiger partial charge in [-0.2, -0.15) is 0 Å². The Kier molecular flexibility index (Phi) is 4.22. The van der Waals surface area contributed by atoms with Gasteiger partial charge in [0.1, 0.15) is 0 Å². The maximum absolute atomic E-state index is 3.73. The number of aryl methyl sites for hydroxylation is 1. The third kappa shape index (κ3) is 3.85. The van der Waals surface area contributed by atoms with Gasteiger partial charge in [0, 0.05) is 12.6 Å². The first-order valence-electron chi connectivity index (χ1n) is 6.92. The summed E-state index contributed by atoms with van der Waals surface area (Å²) in [4.78, 5) is 0. The highest BCUT2D eigenvalue weighted by molar-refractivity contribution is 5.22. The summed E-state index contributed by atoms with van der Waals surface area (Å²) in [5.74, 6) is 1.77. The number of hydrogen-bond donors (Lipinski definition) is 1. The zero-order valence-corrected chi connectivity index (χ0v) is 11.4. The SMILES string of the molecule is Cc1cccc(CNC2CC(C)CC(C)C2)c1. The highest BCUT2D eigenvalue weighted by atomic mass is 14.9. The molecule has 0 aromatic heterocycles. The Morgan fingerprint density at radius 3 is 2.47 bits per heavy atom. The van der Waals surface area contributed by atoms with Gasteiger partial charge in [0.05, 0.1) is 0 Å². The molecule has 2 unspecified atom stereocenters. The molecule has 1 fully saturated rings. The van der Waals surface area contributed by atoms with Gasteiger partial charge in [-0.3, -0.25) is 0 Å². The van der Waals surface area contributed by atoms with Crippen molar-refractivity contribution in [2.45, 2.75) is 52.6 Å². The lowest BCUT2D eigenvalue weighted by Gasteiger charge is -2.32. The summed E-state index contributed by atoms with van der Waals surface area (Å²) in [7, 11) is 0. The van der Waals surface area contributed by atoms with Crippen LogP contribution in [0.1, 0.15) is 44.2 Å². The number of nitrogens with one attached hydrogen (secondary N) is 1. The first kappa shape index (κ1) is 12.6. The van der Waals surface area contributed by atoms with E-state index in [2.05, 4.69) is 50.4 Å². The molecule has 0 bridgehead atoms. The average molecular weight is 231 g/mol. The molecule has 1 saturated carbocycles. The largest absolute Gasteiger partial charge is 0.310 e.